The maximum absolute atomic E-state index is 10.6. The van der Waals surface area contributed by atoms with Crippen molar-refractivity contribution in [2.45, 2.75) is 52.1 Å². The van der Waals surface area contributed by atoms with E-state index in [-0.39, 0.29) is 0 Å². The van der Waals surface area contributed by atoms with Crippen LogP contribution in [-0.2, 0) is 0 Å². The molecule has 3 N–H and O–H groups in total. The summed E-state index contributed by atoms with van der Waals surface area (Å²) in [4.78, 5) is 8.61. The molecule has 1 aromatic heterocycles. The smallest absolute Gasteiger partial charge is 0.131 e. The minimum absolute atomic E-state index is 0.358. The molecular formula is C15H26N4O. The molecule has 0 unspecified atom stereocenters. The molecule has 0 aromatic carbocycles. The Kier molecular flexibility index (Phi) is 4.18. The van der Waals surface area contributed by atoms with Crippen molar-refractivity contribution in [1.82, 2.24) is 9.97 Å². The Balaban J connectivity index is 1.97. The highest BCUT2D eigenvalue weighted by Gasteiger charge is 2.36. The first-order chi connectivity index (χ1) is 9.32. The number of hydrogen-bond donors (Lipinski definition) is 3. The van der Waals surface area contributed by atoms with Gasteiger partial charge in [-0.1, -0.05) is 13.8 Å². The molecule has 1 fully saturated rings. The molecule has 1 aromatic rings. The number of anilines is 2. The molecule has 0 saturated heterocycles. The van der Waals surface area contributed by atoms with Gasteiger partial charge in [0, 0.05) is 19.7 Å². The third kappa shape index (κ3) is 3.82. The lowest BCUT2D eigenvalue weighted by Gasteiger charge is -2.40. The summed E-state index contributed by atoms with van der Waals surface area (Å²) in [6, 6.07) is 1.86. The van der Waals surface area contributed by atoms with Crippen LogP contribution in [0.3, 0.4) is 0 Å². The Morgan fingerprint density at radius 2 is 1.75 bits per heavy atom. The quantitative estimate of drug-likeness (QED) is 0.789. The van der Waals surface area contributed by atoms with E-state index in [2.05, 4.69) is 34.4 Å². The van der Waals surface area contributed by atoms with Gasteiger partial charge in [0.2, 0.25) is 0 Å². The second kappa shape index (κ2) is 5.56. The van der Waals surface area contributed by atoms with Gasteiger partial charge in [0.15, 0.2) is 0 Å². The average molecular weight is 278 g/mol. The van der Waals surface area contributed by atoms with E-state index in [1.807, 2.05) is 20.0 Å². The largest absolute Gasteiger partial charge is 0.388 e. The first kappa shape index (κ1) is 15.0. The van der Waals surface area contributed by atoms with Gasteiger partial charge < -0.3 is 15.7 Å². The number of aromatic nitrogens is 2. The van der Waals surface area contributed by atoms with Crippen LogP contribution >= 0.6 is 0 Å². The van der Waals surface area contributed by atoms with E-state index in [0.29, 0.717) is 12.0 Å². The van der Waals surface area contributed by atoms with Crippen molar-refractivity contribution in [3.8, 4) is 0 Å². The third-order valence-corrected chi connectivity index (χ3v) is 4.23. The lowest BCUT2D eigenvalue weighted by Crippen LogP contribution is -2.42. The van der Waals surface area contributed by atoms with Gasteiger partial charge in [-0.25, -0.2) is 9.97 Å². The van der Waals surface area contributed by atoms with Crippen LogP contribution in [0.1, 0.15) is 45.4 Å². The zero-order chi connectivity index (χ0) is 14.8. The molecule has 1 aliphatic carbocycles. The zero-order valence-electron chi connectivity index (χ0n) is 13.0. The van der Waals surface area contributed by atoms with Gasteiger partial charge in [0.25, 0.3) is 0 Å². The average Bonchev–Trinajstić information content (AvgIpc) is 2.40. The number of nitrogens with zero attached hydrogens (tertiary/aromatic N) is 2. The number of aryl methyl sites for hydroxylation is 1. The van der Waals surface area contributed by atoms with E-state index >= 15 is 0 Å². The predicted octanol–water partition coefficient (Wildman–Crippen LogP) is 2.57. The molecule has 1 saturated carbocycles. The molecule has 0 spiro atoms. The monoisotopic (exact) mass is 278 g/mol. The number of nitrogens with one attached hydrogen (secondary N) is 2. The van der Waals surface area contributed by atoms with E-state index < -0.39 is 5.60 Å². The molecule has 1 aliphatic rings. The molecule has 0 bridgehead atoms. The summed E-state index contributed by atoms with van der Waals surface area (Å²) < 4.78 is 0. The van der Waals surface area contributed by atoms with Crippen LogP contribution in [0.25, 0.3) is 0 Å². The first-order valence-corrected chi connectivity index (χ1v) is 7.32. The van der Waals surface area contributed by atoms with E-state index in [1.54, 1.807) is 0 Å². The van der Waals surface area contributed by atoms with Crippen molar-refractivity contribution >= 4 is 11.6 Å². The van der Waals surface area contributed by atoms with E-state index in [1.165, 1.54) is 0 Å². The van der Waals surface area contributed by atoms with Crippen LogP contribution in [0, 0.1) is 12.3 Å². The molecular weight excluding hydrogens is 252 g/mol. The van der Waals surface area contributed by atoms with Crippen molar-refractivity contribution in [3.63, 3.8) is 0 Å². The van der Waals surface area contributed by atoms with Gasteiger partial charge in [-0.3, -0.25) is 0 Å². The van der Waals surface area contributed by atoms with Crippen LogP contribution < -0.4 is 10.6 Å². The Morgan fingerprint density at radius 3 is 2.35 bits per heavy atom. The lowest BCUT2D eigenvalue weighted by atomic mass is 9.71. The fourth-order valence-electron chi connectivity index (χ4n) is 2.61. The summed E-state index contributed by atoms with van der Waals surface area (Å²) in [7, 11) is 1.84. The molecule has 0 amide bonds. The van der Waals surface area contributed by atoms with E-state index in [9.17, 15) is 5.11 Å². The molecule has 1 heterocycles. The fraction of sp³-hybridized carbons (Fsp3) is 0.733. The van der Waals surface area contributed by atoms with Crippen LogP contribution in [0.2, 0.25) is 0 Å². The second-order valence-corrected chi connectivity index (χ2v) is 6.68. The predicted molar refractivity (Wildman–Crippen MR) is 82.0 cm³/mol. The minimum atomic E-state index is -0.617. The molecule has 0 radical (unpaired) electrons. The molecule has 112 valence electrons. The standard InChI is InChI=1S/C15H26N4O/c1-11-18-12(16-4)9-13(19-11)17-10-15(20)7-5-14(2,3)6-8-15/h9,20H,5-8,10H2,1-4H3,(H2,16,17,18,19). The van der Waals surface area contributed by atoms with Gasteiger partial charge in [-0.2, -0.15) is 0 Å². The van der Waals surface area contributed by atoms with Gasteiger partial charge in [0.1, 0.15) is 17.5 Å². The Morgan fingerprint density at radius 1 is 1.15 bits per heavy atom. The van der Waals surface area contributed by atoms with Crippen LogP contribution in [-0.4, -0.2) is 34.3 Å². The minimum Gasteiger partial charge on any atom is -0.388 e. The number of rotatable bonds is 4. The van der Waals surface area contributed by atoms with Crippen molar-refractivity contribution in [2.75, 3.05) is 24.2 Å². The molecule has 0 aliphatic heterocycles. The highest BCUT2D eigenvalue weighted by atomic mass is 16.3. The van der Waals surface area contributed by atoms with Crippen molar-refractivity contribution in [3.05, 3.63) is 11.9 Å². The summed E-state index contributed by atoms with van der Waals surface area (Å²) in [5.74, 6) is 2.27. The van der Waals surface area contributed by atoms with Crippen molar-refractivity contribution < 1.29 is 5.11 Å². The van der Waals surface area contributed by atoms with Gasteiger partial charge in [-0.15, -0.1) is 0 Å². The summed E-state index contributed by atoms with van der Waals surface area (Å²) in [6.45, 7) is 6.95. The highest BCUT2D eigenvalue weighted by Crippen LogP contribution is 2.40. The summed E-state index contributed by atoms with van der Waals surface area (Å²) in [6.07, 6.45) is 3.82. The van der Waals surface area contributed by atoms with Crippen molar-refractivity contribution in [2.24, 2.45) is 5.41 Å². The Hall–Kier alpha value is -1.36. The van der Waals surface area contributed by atoms with Gasteiger partial charge >= 0.3 is 0 Å². The molecule has 2 rings (SSSR count). The van der Waals surface area contributed by atoms with Crippen LogP contribution in [0.4, 0.5) is 11.6 Å². The Labute approximate surface area is 121 Å². The first-order valence-electron chi connectivity index (χ1n) is 7.32. The maximum Gasteiger partial charge on any atom is 0.131 e. The lowest BCUT2D eigenvalue weighted by molar-refractivity contribution is -0.0145. The summed E-state index contributed by atoms with van der Waals surface area (Å²) >= 11 is 0. The van der Waals surface area contributed by atoms with Crippen molar-refractivity contribution in [1.29, 1.82) is 0 Å². The van der Waals surface area contributed by atoms with E-state index in [4.69, 9.17) is 0 Å². The molecule has 0 atom stereocenters. The Bertz CT molecular complexity index is 463. The summed E-state index contributed by atoms with van der Waals surface area (Å²) in [5.41, 5.74) is -0.259. The normalized spacial score (nSPS) is 20.4. The highest BCUT2D eigenvalue weighted by molar-refractivity contribution is 5.47. The topological polar surface area (TPSA) is 70.1 Å². The fourth-order valence-corrected chi connectivity index (χ4v) is 2.61. The number of aliphatic hydroxyl groups is 1. The van der Waals surface area contributed by atoms with Gasteiger partial charge in [0.05, 0.1) is 5.60 Å². The summed E-state index contributed by atoms with van der Waals surface area (Å²) in [5, 5.41) is 16.9. The molecule has 5 nitrogen and oxygen atoms in total. The van der Waals surface area contributed by atoms with Crippen LogP contribution in [0.15, 0.2) is 6.07 Å². The number of hydrogen-bond acceptors (Lipinski definition) is 5. The zero-order valence-corrected chi connectivity index (χ0v) is 13.0. The molecule has 5 heteroatoms. The maximum atomic E-state index is 10.6. The SMILES string of the molecule is CNc1cc(NCC2(O)CCC(C)(C)CC2)nc(C)n1. The second-order valence-electron chi connectivity index (χ2n) is 6.68. The van der Waals surface area contributed by atoms with Crippen LogP contribution in [0.5, 0.6) is 0 Å². The molecule has 20 heavy (non-hydrogen) atoms. The third-order valence-electron chi connectivity index (χ3n) is 4.23. The van der Waals surface area contributed by atoms with E-state index in [0.717, 1.165) is 43.1 Å². The van der Waals surface area contributed by atoms with Gasteiger partial charge in [-0.05, 0) is 38.0 Å².